The third-order valence-electron chi connectivity index (χ3n) is 4.42. The molecule has 1 aliphatic heterocycles. The molecule has 1 atom stereocenters. The van der Waals surface area contributed by atoms with Gasteiger partial charge in [-0.05, 0) is 73.0 Å². The highest BCUT2D eigenvalue weighted by Crippen LogP contribution is 2.11. The van der Waals surface area contributed by atoms with Gasteiger partial charge in [0.25, 0.3) is 11.8 Å². The summed E-state index contributed by atoms with van der Waals surface area (Å²) in [6, 6.07) is 10.7. The molecule has 5 heteroatoms. The number of hydrogen-bond donors (Lipinski definition) is 1. The molecular weight excluding hydrogens is 336 g/mol. The Kier molecular flexibility index (Phi) is 5.00. The van der Waals surface area contributed by atoms with Gasteiger partial charge in [-0.25, -0.2) is 4.99 Å². The summed E-state index contributed by atoms with van der Waals surface area (Å²) in [4.78, 5) is 28.5. The molecule has 1 N–H and O–H groups in total. The molecule has 1 heterocycles. The van der Waals surface area contributed by atoms with Gasteiger partial charge in [0.2, 0.25) is 0 Å². The highest BCUT2D eigenvalue weighted by atomic mass is 35.5. The zero-order chi connectivity index (χ0) is 18.0. The van der Waals surface area contributed by atoms with Crippen LogP contribution in [0.1, 0.15) is 27.9 Å². The van der Waals surface area contributed by atoms with E-state index in [1.807, 2.05) is 26.0 Å². The van der Waals surface area contributed by atoms with Crippen LogP contribution >= 0.6 is 11.6 Å². The monoisotopic (exact) mass is 354 g/mol. The molecule has 0 saturated carbocycles. The molecule has 25 heavy (non-hydrogen) atoms. The SMILES string of the molecule is Cc1cc2c(cc1C)=NC(=O)C(CCNC(=O)c1ccc(Cl)cc1)C=2. The first-order valence-electron chi connectivity index (χ1n) is 8.19. The third-order valence-corrected chi connectivity index (χ3v) is 4.67. The van der Waals surface area contributed by atoms with E-state index in [-0.39, 0.29) is 17.7 Å². The van der Waals surface area contributed by atoms with Crippen molar-refractivity contribution in [3.63, 3.8) is 0 Å². The Balaban J connectivity index is 1.66. The van der Waals surface area contributed by atoms with Gasteiger partial charge in [-0.3, -0.25) is 9.59 Å². The maximum Gasteiger partial charge on any atom is 0.253 e. The van der Waals surface area contributed by atoms with Crippen LogP contribution < -0.4 is 15.9 Å². The quantitative estimate of drug-likeness (QED) is 0.916. The largest absolute Gasteiger partial charge is 0.352 e. The van der Waals surface area contributed by atoms with Gasteiger partial charge in [-0.15, -0.1) is 0 Å². The van der Waals surface area contributed by atoms with Crippen molar-refractivity contribution in [2.75, 3.05) is 6.54 Å². The van der Waals surface area contributed by atoms with Crippen LogP contribution in [0.2, 0.25) is 5.02 Å². The lowest BCUT2D eigenvalue weighted by Crippen LogP contribution is -2.36. The zero-order valence-electron chi connectivity index (χ0n) is 14.2. The van der Waals surface area contributed by atoms with Crippen LogP contribution in [-0.2, 0) is 4.79 Å². The minimum atomic E-state index is -0.305. The maximum absolute atomic E-state index is 12.2. The van der Waals surface area contributed by atoms with Crippen LogP contribution in [-0.4, -0.2) is 18.4 Å². The number of amides is 2. The molecule has 0 aliphatic carbocycles. The molecule has 0 fully saturated rings. The molecule has 0 spiro atoms. The van der Waals surface area contributed by atoms with E-state index in [0.29, 0.717) is 23.6 Å². The van der Waals surface area contributed by atoms with Crippen molar-refractivity contribution in [1.29, 1.82) is 0 Å². The number of carbonyl (C=O) groups is 2. The topological polar surface area (TPSA) is 58.5 Å². The molecule has 128 valence electrons. The van der Waals surface area contributed by atoms with Crippen molar-refractivity contribution in [3.05, 3.63) is 68.7 Å². The van der Waals surface area contributed by atoms with E-state index in [1.54, 1.807) is 24.3 Å². The fourth-order valence-electron chi connectivity index (χ4n) is 2.79. The van der Waals surface area contributed by atoms with Crippen LogP contribution in [0.25, 0.3) is 6.08 Å². The molecule has 0 aromatic heterocycles. The lowest BCUT2D eigenvalue weighted by atomic mass is 9.98. The third kappa shape index (κ3) is 3.97. The number of nitrogens with zero attached hydrogens (tertiary/aromatic N) is 1. The van der Waals surface area contributed by atoms with Crippen LogP contribution in [0.5, 0.6) is 0 Å². The molecule has 0 saturated heterocycles. The molecule has 3 rings (SSSR count). The molecular formula is C20H19ClN2O2. The van der Waals surface area contributed by atoms with Crippen molar-refractivity contribution < 1.29 is 9.59 Å². The Morgan fingerprint density at radius 3 is 2.56 bits per heavy atom. The number of rotatable bonds is 4. The van der Waals surface area contributed by atoms with Gasteiger partial charge in [0.1, 0.15) is 0 Å². The van der Waals surface area contributed by atoms with Crippen LogP contribution in [0.15, 0.2) is 41.4 Å². The van der Waals surface area contributed by atoms with E-state index in [9.17, 15) is 9.59 Å². The Morgan fingerprint density at radius 2 is 1.84 bits per heavy atom. The van der Waals surface area contributed by atoms with Crippen molar-refractivity contribution >= 4 is 29.5 Å². The van der Waals surface area contributed by atoms with Crippen LogP contribution in [0.4, 0.5) is 0 Å². The molecule has 2 aromatic carbocycles. The predicted octanol–water partition coefficient (Wildman–Crippen LogP) is 2.33. The molecule has 4 nitrogen and oxygen atoms in total. The summed E-state index contributed by atoms with van der Waals surface area (Å²) in [5, 5.41) is 5.14. The fourth-order valence-corrected chi connectivity index (χ4v) is 2.92. The highest BCUT2D eigenvalue weighted by molar-refractivity contribution is 6.30. The van der Waals surface area contributed by atoms with E-state index in [1.165, 1.54) is 5.56 Å². The van der Waals surface area contributed by atoms with E-state index in [0.717, 1.165) is 16.1 Å². The second-order valence-corrected chi connectivity index (χ2v) is 6.71. The number of nitrogens with one attached hydrogen (secondary N) is 1. The summed E-state index contributed by atoms with van der Waals surface area (Å²) in [5.74, 6) is -0.639. The summed E-state index contributed by atoms with van der Waals surface area (Å²) < 4.78 is 0. The molecule has 1 unspecified atom stereocenters. The number of halogens is 1. The molecule has 2 aromatic rings. The average Bonchev–Trinajstić information content (AvgIpc) is 2.57. The van der Waals surface area contributed by atoms with Gasteiger partial charge in [-0.2, -0.15) is 0 Å². The summed E-state index contributed by atoms with van der Waals surface area (Å²) in [6.45, 7) is 4.46. The van der Waals surface area contributed by atoms with Gasteiger partial charge >= 0.3 is 0 Å². The lowest BCUT2D eigenvalue weighted by Gasteiger charge is -2.13. The minimum Gasteiger partial charge on any atom is -0.352 e. The van der Waals surface area contributed by atoms with Crippen molar-refractivity contribution in [2.24, 2.45) is 10.9 Å². The van der Waals surface area contributed by atoms with E-state index >= 15 is 0 Å². The van der Waals surface area contributed by atoms with Gasteiger partial charge in [0.05, 0.1) is 11.3 Å². The summed E-state index contributed by atoms with van der Waals surface area (Å²) in [5.41, 5.74) is 2.84. The van der Waals surface area contributed by atoms with Gasteiger partial charge < -0.3 is 5.32 Å². The highest BCUT2D eigenvalue weighted by Gasteiger charge is 2.18. The normalized spacial score (nSPS) is 15.8. The van der Waals surface area contributed by atoms with Crippen LogP contribution in [0, 0.1) is 19.8 Å². The first-order valence-corrected chi connectivity index (χ1v) is 8.57. The van der Waals surface area contributed by atoms with E-state index in [2.05, 4.69) is 16.4 Å². The number of aryl methyl sites for hydroxylation is 2. The second-order valence-electron chi connectivity index (χ2n) is 6.27. The Morgan fingerprint density at radius 1 is 1.16 bits per heavy atom. The van der Waals surface area contributed by atoms with Crippen molar-refractivity contribution in [3.8, 4) is 0 Å². The first-order chi connectivity index (χ1) is 11.9. The Labute approximate surface area is 151 Å². The number of benzene rings is 2. The first kappa shape index (κ1) is 17.4. The molecule has 0 bridgehead atoms. The smallest absolute Gasteiger partial charge is 0.253 e. The standard InChI is InChI=1S/C20H19ClN2O2/c1-12-9-16-11-15(20(25)23-18(16)10-13(12)2)7-8-22-19(24)14-3-5-17(21)6-4-14/h3-6,9-11,15H,7-8H2,1-2H3,(H,22,24). The molecule has 0 radical (unpaired) electrons. The molecule has 1 aliphatic rings. The number of carbonyl (C=O) groups excluding carboxylic acids is 2. The van der Waals surface area contributed by atoms with Crippen LogP contribution in [0.3, 0.4) is 0 Å². The summed E-state index contributed by atoms with van der Waals surface area (Å²) in [6.07, 6.45) is 2.47. The van der Waals surface area contributed by atoms with Gasteiger partial charge in [-0.1, -0.05) is 17.7 Å². The Bertz CT molecular complexity index is 949. The predicted molar refractivity (Wildman–Crippen MR) is 98.1 cm³/mol. The van der Waals surface area contributed by atoms with Crippen molar-refractivity contribution in [1.82, 2.24) is 5.32 Å². The molecule has 2 amide bonds. The second kappa shape index (κ2) is 7.19. The average molecular weight is 355 g/mol. The van der Waals surface area contributed by atoms with E-state index in [4.69, 9.17) is 11.6 Å². The number of hydrogen-bond acceptors (Lipinski definition) is 2. The Hall–Kier alpha value is -2.46. The summed E-state index contributed by atoms with van der Waals surface area (Å²) in [7, 11) is 0. The fraction of sp³-hybridized carbons (Fsp3) is 0.250. The lowest BCUT2D eigenvalue weighted by molar-refractivity contribution is -0.120. The zero-order valence-corrected chi connectivity index (χ0v) is 14.9. The summed E-state index contributed by atoms with van der Waals surface area (Å²) >= 11 is 5.82. The maximum atomic E-state index is 12.2. The van der Waals surface area contributed by atoms with Crippen molar-refractivity contribution in [2.45, 2.75) is 20.3 Å². The van der Waals surface area contributed by atoms with Gasteiger partial charge in [0.15, 0.2) is 0 Å². The minimum absolute atomic E-state index is 0.156. The van der Waals surface area contributed by atoms with Gasteiger partial charge in [0, 0.05) is 17.1 Å². The number of fused-ring (bicyclic) bond motifs is 1. The van der Waals surface area contributed by atoms with E-state index < -0.39 is 0 Å².